The maximum absolute atomic E-state index is 12.2. The summed E-state index contributed by atoms with van der Waals surface area (Å²) in [6, 6.07) is 4.15. The third kappa shape index (κ3) is 3.65. The Morgan fingerprint density at radius 1 is 1.48 bits per heavy atom. The van der Waals surface area contributed by atoms with E-state index in [1.807, 2.05) is 6.07 Å². The third-order valence-corrected chi connectivity index (χ3v) is 5.63. The number of amides is 1. The molecule has 3 rings (SSSR count). The molecule has 3 heterocycles. The van der Waals surface area contributed by atoms with E-state index in [0.717, 1.165) is 45.2 Å². The minimum absolute atomic E-state index is 0.0255. The molecule has 0 bridgehead atoms. The molecule has 1 aromatic rings. The Balaban J connectivity index is 1.44. The number of piperidine rings is 1. The second-order valence-corrected chi connectivity index (χ2v) is 7.28. The van der Waals surface area contributed by atoms with Crippen molar-refractivity contribution in [3.63, 3.8) is 0 Å². The van der Waals surface area contributed by atoms with Crippen LogP contribution in [0.5, 0.6) is 0 Å². The van der Waals surface area contributed by atoms with E-state index in [9.17, 15) is 4.79 Å². The Morgan fingerprint density at radius 3 is 3.00 bits per heavy atom. The fraction of sp³-hybridized carbons (Fsp3) is 0.688. The Kier molecular flexibility index (Phi) is 4.62. The van der Waals surface area contributed by atoms with Crippen LogP contribution in [0.1, 0.15) is 30.6 Å². The zero-order chi connectivity index (χ0) is 14.7. The molecule has 1 spiro atoms. The number of carbonyl (C=O) groups is 1. The van der Waals surface area contributed by atoms with Gasteiger partial charge in [0.15, 0.2) is 0 Å². The molecule has 2 saturated heterocycles. The van der Waals surface area contributed by atoms with Crippen LogP contribution in [0.4, 0.5) is 0 Å². The Hall–Kier alpha value is -0.910. The summed E-state index contributed by atoms with van der Waals surface area (Å²) in [7, 11) is 2.15. The van der Waals surface area contributed by atoms with Crippen molar-refractivity contribution in [2.75, 3.05) is 26.7 Å². The summed E-state index contributed by atoms with van der Waals surface area (Å²) in [6.07, 6.45) is 4.69. The first-order valence-electron chi connectivity index (χ1n) is 7.83. The van der Waals surface area contributed by atoms with Gasteiger partial charge in [-0.05, 0) is 50.6 Å². The molecule has 116 valence electrons. The number of thiophene rings is 1. The van der Waals surface area contributed by atoms with E-state index < -0.39 is 0 Å². The molecule has 0 aliphatic carbocycles. The third-order valence-electron chi connectivity index (χ3n) is 4.70. The summed E-state index contributed by atoms with van der Waals surface area (Å²) in [5.74, 6) is 0.0716. The number of rotatable bonds is 4. The highest BCUT2D eigenvalue weighted by molar-refractivity contribution is 7.09. The quantitative estimate of drug-likeness (QED) is 0.925. The molecule has 2 fully saturated rings. The zero-order valence-corrected chi connectivity index (χ0v) is 13.5. The summed E-state index contributed by atoms with van der Waals surface area (Å²) in [6.45, 7) is 2.86. The van der Waals surface area contributed by atoms with Crippen LogP contribution in [0.25, 0.3) is 0 Å². The maximum Gasteiger partial charge on any atom is 0.249 e. The van der Waals surface area contributed by atoms with E-state index in [2.05, 4.69) is 28.7 Å². The lowest BCUT2D eigenvalue weighted by molar-refractivity contribution is -0.140. The molecule has 0 aromatic carbocycles. The van der Waals surface area contributed by atoms with Crippen molar-refractivity contribution in [2.45, 2.75) is 43.8 Å². The minimum Gasteiger partial charge on any atom is -0.362 e. The highest BCUT2D eigenvalue weighted by atomic mass is 32.1. The van der Waals surface area contributed by atoms with Crippen LogP contribution in [0.15, 0.2) is 17.5 Å². The van der Waals surface area contributed by atoms with E-state index in [-0.39, 0.29) is 17.6 Å². The van der Waals surface area contributed by atoms with E-state index in [1.54, 1.807) is 11.3 Å². The molecule has 0 radical (unpaired) electrons. The molecule has 1 amide bonds. The number of nitrogens with zero attached hydrogens (tertiary/aromatic N) is 1. The number of carbonyl (C=O) groups excluding carboxylic acids is 1. The standard InChI is InChI=1S/C16H24N2O2S/c1-18-10-7-16(8-11-18)6-4-14(20-16)15(19)17-9-5-13-3-2-12-21-13/h2-3,12,14H,4-11H2,1H3,(H,17,19)/t14-/m0/s1. The molecule has 0 unspecified atom stereocenters. The normalized spacial score (nSPS) is 25.3. The van der Waals surface area contributed by atoms with Crippen LogP contribution in [-0.4, -0.2) is 49.2 Å². The molecule has 1 N–H and O–H groups in total. The lowest BCUT2D eigenvalue weighted by atomic mass is 9.89. The fourth-order valence-electron chi connectivity index (χ4n) is 3.27. The number of ether oxygens (including phenoxy) is 1. The number of nitrogens with one attached hydrogen (secondary N) is 1. The van der Waals surface area contributed by atoms with Crippen LogP contribution in [0, 0.1) is 0 Å². The molecule has 21 heavy (non-hydrogen) atoms. The van der Waals surface area contributed by atoms with Crippen molar-refractivity contribution in [1.82, 2.24) is 10.2 Å². The van der Waals surface area contributed by atoms with Gasteiger partial charge >= 0.3 is 0 Å². The van der Waals surface area contributed by atoms with Crippen molar-refractivity contribution in [3.05, 3.63) is 22.4 Å². The smallest absolute Gasteiger partial charge is 0.249 e. The summed E-state index contributed by atoms with van der Waals surface area (Å²) in [4.78, 5) is 15.9. The predicted octanol–water partition coefficient (Wildman–Crippen LogP) is 2.05. The molecule has 4 nitrogen and oxygen atoms in total. The molecular weight excluding hydrogens is 284 g/mol. The second kappa shape index (κ2) is 6.46. The largest absolute Gasteiger partial charge is 0.362 e. The number of hydrogen-bond acceptors (Lipinski definition) is 4. The molecule has 5 heteroatoms. The van der Waals surface area contributed by atoms with Crippen LogP contribution in [-0.2, 0) is 16.0 Å². The molecule has 2 aliphatic heterocycles. The first-order valence-corrected chi connectivity index (χ1v) is 8.71. The SMILES string of the molecule is CN1CCC2(CC[C@@H](C(=O)NCCc3cccs3)O2)CC1. The van der Waals surface area contributed by atoms with Gasteiger partial charge in [0.25, 0.3) is 0 Å². The van der Waals surface area contributed by atoms with Crippen LogP contribution >= 0.6 is 11.3 Å². The fourth-order valence-corrected chi connectivity index (χ4v) is 3.98. The molecule has 1 aromatic heterocycles. The van der Waals surface area contributed by atoms with Crippen molar-refractivity contribution in [2.24, 2.45) is 0 Å². The van der Waals surface area contributed by atoms with Crippen molar-refractivity contribution >= 4 is 17.2 Å². The van der Waals surface area contributed by atoms with Crippen LogP contribution in [0.2, 0.25) is 0 Å². The first-order chi connectivity index (χ1) is 10.2. The van der Waals surface area contributed by atoms with Gasteiger partial charge in [-0.2, -0.15) is 0 Å². The monoisotopic (exact) mass is 308 g/mol. The van der Waals surface area contributed by atoms with Crippen molar-refractivity contribution in [1.29, 1.82) is 0 Å². The van der Waals surface area contributed by atoms with Crippen molar-refractivity contribution in [3.8, 4) is 0 Å². The molecular formula is C16H24N2O2S. The lowest BCUT2D eigenvalue weighted by Gasteiger charge is -2.37. The van der Waals surface area contributed by atoms with Gasteiger partial charge in [-0.3, -0.25) is 4.79 Å². The van der Waals surface area contributed by atoms with Crippen molar-refractivity contribution < 1.29 is 9.53 Å². The van der Waals surface area contributed by atoms with E-state index in [1.165, 1.54) is 4.88 Å². The van der Waals surface area contributed by atoms with E-state index >= 15 is 0 Å². The van der Waals surface area contributed by atoms with Gasteiger partial charge in [0.2, 0.25) is 5.91 Å². The topological polar surface area (TPSA) is 41.6 Å². The predicted molar refractivity (Wildman–Crippen MR) is 84.6 cm³/mol. The van der Waals surface area contributed by atoms with E-state index in [4.69, 9.17) is 4.74 Å². The Bertz CT molecular complexity index is 467. The Labute approximate surface area is 130 Å². The summed E-state index contributed by atoms with van der Waals surface area (Å²) >= 11 is 1.74. The number of likely N-dealkylation sites (tertiary alicyclic amines) is 1. The zero-order valence-electron chi connectivity index (χ0n) is 12.6. The summed E-state index contributed by atoms with van der Waals surface area (Å²) < 4.78 is 6.15. The molecule has 1 atom stereocenters. The van der Waals surface area contributed by atoms with Gasteiger partial charge in [0.05, 0.1) is 5.60 Å². The van der Waals surface area contributed by atoms with Crippen LogP contribution in [0.3, 0.4) is 0 Å². The minimum atomic E-state index is -0.239. The first kappa shape index (κ1) is 15.0. The maximum atomic E-state index is 12.2. The lowest BCUT2D eigenvalue weighted by Crippen LogP contribution is -2.44. The highest BCUT2D eigenvalue weighted by Crippen LogP contribution is 2.38. The summed E-state index contributed by atoms with van der Waals surface area (Å²) in [5, 5.41) is 5.10. The highest BCUT2D eigenvalue weighted by Gasteiger charge is 2.44. The van der Waals surface area contributed by atoms with Crippen LogP contribution < -0.4 is 5.32 Å². The van der Waals surface area contributed by atoms with Gasteiger partial charge in [-0.15, -0.1) is 11.3 Å². The van der Waals surface area contributed by atoms with Gasteiger partial charge in [-0.25, -0.2) is 0 Å². The van der Waals surface area contributed by atoms with Gasteiger partial charge in [0, 0.05) is 24.5 Å². The van der Waals surface area contributed by atoms with Gasteiger partial charge in [0.1, 0.15) is 6.10 Å². The van der Waals surface area contributed by atoms with E-state index in [0.29, 0.717) is 6.54 Å². The molecule has 2 aliphatic rings. The number of hydrogen-bond donors (Lipinski definition) is 1. The average molecular weight is 308 g/mol. The second-order valence-electron chi connectivity index (χ2n) is 6.25. The van der Waals surface area contributed by atoms with Gasteiger partial charge in [-0.1, -0.05) is 6.07 Å². The molecule has 0 saturated carbocycles. The summed E-state index contributed by atoms with van der Waals surface area (Å²) in [5.41, 5.74) is -0.0255. The average Bonchev–Trinajstić information content (AvgIpc) is 3.13. The Morgan fingerprint density at radius 2 is 2.29 bits per heavy atom. The van der Waals surface area contributed by atoms with Gasteiger partial charge < -0.3 is 15.0 Å².